The zero-order valence-electron chi connectivity index (χ0n) is 9.59. The van der Waals surface area contributed by atoms with E-state index < -0.39 is 0 Å². The van der Waals surface area contributed by atoms with E-state index >= 15 is 0 Å². The van der Waals surface area contributed by atoms with Gasteiger partial charge in [0.15, 0.2) is 0 Å². The maximum atomic E-state index is 13.4. The van der Waals surface area contributed by atoms with Gasteiger partial charge < -0.3 is 5.32 Å². The largest absolute Gasteiger partial charge is 0.349 e. The van der Waals surface area contributed by atoms with Gasteiger partial charge in [-0.25, -0.2) is 4.39 Å². The Labute approximate surface area is 96.3 Å². The Morgan fingerprint density at radius 1 is 1.56 bits per heavy atom. The summed E-state index contributed by atoms with van der Waals surface area (Å²) in [5.41, 5.74) is 1.70. The van der Waals surface area contributed by atoms with Crippen LogP contribution in [0.4, 0.5) is 4.39 Å². The highest BCUT2D eigenvalue weighted by Crippen LogP contribution is 2.32. The van der Waals surface area contributed by atoms with E-state index in [1.54, 1.807) is 6.07 Å². The average Bonchev–Trinajstić information content (AvgIpc) is 2.63. The van der Waals surface area contributed by atoms with Crippen molar-refractivity contribution in [2.45, 2.75) is 32.7 Å². The Balaban J connectivity index is 0.00000144. The smallest absolute Gasteiger partial charge is 0.223 e. The Kier molecular flexibility index (Phi) is 2.95. The molecule has 0 radical (unpaired) electrons. The Morgan fingerprint density at radius 3 is 3.00 bits per heavy atom. The van der Waals surface area contributed by atoms with Crippen LogP contribution in [0, 0.1) is 11.7 Å². The van der Waals surface area contributed by atoms with Crippen molar-refractivity contribution in [1.82, 2.24) is 5.32 Å². The molecule has 1 aromatic rings. The number of nitrogens with one attached hydrogen (secondary N) is 1. The quantitative estimate of drug-likeness (QED) is 0.820. The molecule has 0 aromatic heterocycles. The van der Waals surface area contributed by atoms with Crippen LogP contribution in [0.5, 0.6) is 0 Å². The SMILES string of the molecule is CC(C)C(=O)NC1CCc2c(F)cccc21.[HH]. The van der Waals surface area contributed by atoms with Crippen LogP contribution in [0.25, 0.3) is 0 Å². The summed E-state index contributed by atoms with van der Waals surface area (Å²) in [5, 5.41) is 2.96. The van der Waals surface area contributed by atoms with E-state index in [9.17, 15) is 9.18 Å². The van der Waals surface area contributed by atoms with Crippen LogP contribution >= 0.6 is 0 Å². The molecule has 1 amide bonds. The highest BCUT2D eigenvalue weighted by atomic mass is 19.1. The van der Waals surface area contributed by atoms with Crippen LogP contribution in [0.15, 0.2) is 18.2 Å². The molecule has 1 atom stereocenters. The number of halogens is 1. The minimum Gasteiger partial charge on any atom is -0.349 e. The minimum absolute atomic E-state index is 0. The van der Waals surface area contributed by atoms with E-state index in [1.165, 1.54) is 6.07 Å². The molecule has 1 aliphatic carbocycles. The Bertz CT molecular complexity index is 420. The van der Waals surface area contributed by atoms with Crippen molar-refractivity contribution in [3.63, 3.8) is 0 Å². The van der Waals surface area contributed by atoms with Crippen LogP contribution in [0.2, 0.25) is 0 Å². The summed E-state index contributed by atoms with van der Waals surface area (Å²) in [6, 6.07) is 5.07. The Hall–Kier alpha value is -1.38. The molecule has 2 nitrogen and oxygen atoms in total. The van der Waals surface area contributed by atoms with E-state index in [1.807, 2.05) is 19.9 Å². The molecule has 16 heavy (non-hydrogen) atoms. The summed E-state index contributed by atoms with van der Waals surface area (Å²) in [6.45, 7) is 3.72. The summed E-state index contributed by atoms with van der Waals surface area (Å²) in [6.07, 6.45) is 1.51. The van der Waals surface area contributed by atoms with Gasteiger partial charge in [0.2, 0.25) is 5.91 Å². The molecule has 0 fully saturated rings. The summed E-state index contributed by atoms with van der Waals surface area (Å²) in [5.74, 6) is -0.154. The molecule has 1 unspecified atom stereocenters. The molecule has 0 aliphatic heterocycles. The first-order valence-electron chi connectivity index (χ1n) is 5.67. The van der Waals surface area contributed by atoms with Crippen molar-refractivity contribution in [3.05, 3.63) is 35.1 Å². The second kappa shape index (κ2) is 4.24. The number of rotatable bonds is 2. The van der Waals surface area contributed by atoms with Crippen molar-refractivity contribution >= 4 is 5.91 Å². The topological polar surface area (TPSA) is 29.1 Å². The van der Waals surface area contributed by atoms with Gasteiger partial charge in [0.25, 0.3) is 0 Å². The number of carbonyl (C=O) groups excluding carboxylic acids is 1. The second-order valence-corrected chi connectivity index (χ2v) is 4.56. The normalized spacial score (nSPS) is 18.6. The predicted molar refractivity (Wildman–Crippen MR) is 62.6 cm³/mol. The summed E-state index contributed by atoms with van der Waals surface area (Å²) < 4.78 is 13.4. The van der Waals surface area contributed by atoms with Crippen LogP contribution in [-0.2, 0) is 11.2 Å². The molecule has 3 heteroatoms. The lowest BCUT2D eigenvalue weighted by molar-refractivity contribution is -0.124. The summed E-state index contributed by atoms with van der Waals surface area (Å²) in [4.78, 5) is 11.6. The molecule has 0 saturated heterocycles. The molecule has 0 heterocycles. The first-order valence-corrected chi connectivity index (χ1v) is 5.67. The number of hydrogen-bond acceptors (Lipinski definition) is 1. The fourth-order valence-electron chi connectivity index (χ4n) is 2.10. The van der Waals surface area contributed by atoms with Gasteiger partial charge in [-0.15, -0.1) is 0 Å². The van der Waals surface area contributed by atoms with Crippen LogP contribution in [0.1, 0.15) is 38.9 Å². The molecule has 1 aromatic carbocycles. The van der Waals surface area contributed by atoms with Crippen molar-refractivity contribution in [3.8, 4) is 0 Å². The second-order valence-electron chi connectivity index (χ2n) is 4.56. The zero-order chi connectivity index (χ0) is 11.7. The van der Waals surface area contributed by atoms with Crippen molar-refractivity contribution in [2.24, 2.45) is 5.92 Å². The molecular weight excluding hydrogens is 205 g/mol. The van der Waals surface area contributed by atoms with E-state index in [4.69, 9.17) is 0 Å². The number of hydrogen-bond donors (Lipinski definition) is 1. The first-order chi connectivity index (χ1) is 7.59. The number of fused-ring (bicyclic) bond motifs is 1. The van der Waals surface area contributed by atoms with Crippen LogP contribution in [-0.4, -0.2) is 5.91 Å². The van der Waals surface area contributed by atoms with E-state index in [0.29, 0.717) is 6.42 Å². The van der Waals surface area contributed by atoms with Crippen LogP contribution < -0.4 is 5.32 Å². The molecule has 2 rings (SSSR count). The van der Waals surface area contributed by atoms with E-state index in [2.05, 4.69) is 5.32 Å². The highest BCUT2D eigenvalue weighted by molar-refractivity contribution is 5.78. The van der Waals surface area contributed by atoms with Gasteiger partial charge in [-0.3, -0.25) is 4.79 Å². The molecule has 1 N–H and O–H groups in total. The fraction of sp³-hybridized carbons (Fsp3) is 0.462. The van der Waals surface area contributed by atoms with Crippen molar-refractivity contribution < 1.29 is 10.6 Å². The monoisotopic (exact) mass is 223 g/mol. The number of amides is 1. The lowest BCUT2D eigenvalue weighted by Crippen LogP contribution is -2.30. The van der Waals surface area contributed by atoms with Gasteiger partial charge >= 0.3 is 0 Å². The van der Waals surface area contributed by atoms with Crippen LogP contribution in [0.3, 0.4) is 0 Å². The van der Waals surface area contributed by atoms with Crippen molar-refractivity contribution in [2.75, 3.05) is 0 Å². The van der Waals surface area contributed by atoms with Crippen molar-refractivity contribution in [1.29, 1.82) is 0 Å². The maximum absolute atomic E-state index is 13.4. The maximum Gasteiger partial charge on any atom is 0.223 e. The lowest BCUT2D eigenvalue weighted by Gasteiger charge is -2.15. The van der Waals surface area contributed by atoms with E-state index in [-0.39, 0.29) is 25.1 Å². The molecule has 0 saturated carbocycles. The van der Waals surface area contributed by atoms with Gasteiger partial charge in [0.1, 0.15) is 5.82 Å². The van der Waals surface area contributed by atoms with Gasteiger partial charge in [0.05, 0.1) is 6.04 Å². The van der Waals surface area contributed by atoms with Gasteiger partial charge in [-0.2, -0.15) is 0 Å². The highest BCUT2D eigenvalue weighted by Gasteiger charge is 2.26. The standard InChI is InChI=1S/C13H16FNO.H2/c1-8(2)13(16)15-12-7-6-9-10(12)4-3-5-11(9)14;/h3-5,8,12H,6-7H2,1-2H3,(H,15,16);1H. The zero-order valence-corrected chi connectivity index (χ0v) is 9.59. The summed E-state index contributed by atoms with van der Waals surface area (Å²) >= 11 is 0. The predicted octanol–water partition coefficient (Wildman–Crippen LogP) is 2.83. The van der Waals surface area contributed by atoms with Gasteiger partial charge in [0, 0.05) is 7.34 Å². The Morgan fingerprint density at radius 2 is 2.31 bits per heavy atom. The van der Waals surface area contributed by atoms with Gasteiger partial charge in [-0.1, -0.05) is 26.0 Å². The van der Waals surface area contributed by atoms with E-state index in [0.717, 1.165) is 17.5 Å². The molecule has 0 bridgehead atoms. The first kappa shape index (κ1) is 11.1. The summed E-state index contributed by atoms with van der Waals surface area (Å²) in [7, 11) is 0. The molecular formula is C13H18FNO. The molecule has 1 aliphatic rings. The molecule has 88 valence electrons. The fourth-order valence-corrected chi connectivity index (χ4v) is 2.10. The number of carbonyl (C=O) groups is 1. The third kappa shape index (κ3) is 1.94. The number of benzene rings is 1. The molecule has 0 spiro atoms. The third-order valence-corrected chi connectivity index (χ3v) is 3.05. The van der Waals surface area contributed by atoms with Gasteiger partial charge in [-0.05, 0) is 30.0 Å². The third-order valence-electron chi connectivity index (χ3n) is 3.05. The average molecular weight is 223 g/mol. The minimum atomic E-state index is -0.154. The lowest BCUT2D eigenvalue weighted by atomic mass is 10.1.